The van der Waals surface area contributed by atoms with E-state index < -0.39 is 17.7 Å². The van der Waals surface area contributed by atoms with Crippen LogP contribution in [0.4, 0.5) is 15.8 Å². The van der Waals surface area contributed by atoms with Gasteiger partial charge in [-0.2, -0.15) is 0 Å². The van der Waals surface area contributed by atoms with Crippen LogP contribution in [0.15, 0.2) is 42.5 Å². The van der Waals surface area contributed by atoms with Gasteiger partial charge in [0.25, 0.3) is 5.91 Å². The minimum absolute atomic E-state index is 0.0594. The van der Waals surface area contributed by atoms with Crippen molar-refractivity contribution in [1.82, 2.24) is 0 Å². The summed E-state index contributed by atoms with van der Waals surface area (Å²) >= 11 is 0. The standard InChI is InChI=1S/C16H15FN2O3/c1-19(2)10-7-8-14(12(9-10)16(21)22)18-15(20)11-5-3-4-6-13(11)17/h3-9H,1-2H3,(H,18,20)(H,21,22). The Morgan fingerprint density at radius 1 is 1.09 bits per heavy atom. The van der Waals surface area contributed by atoms with E-state index in [0.717, 1.165) is 0 Å². The lowest BCUT2D eigenvalue weighted by Gasteiger charge is -2.15. The van der Waals surface area contributed by atoms with Crippen molar-refractivity contribution in [3.63, 3.8) is 0 Å². The molecular formula is C16H15FN2O3. The van der Waals surface area contributed by atoms with Gasteiger partial charge in [0.1, 0.15) is 5.82 Å². The van der Waals surface area contributed by atoms with Crippen molar-refractivity contribution < 1.29 is 19.1 Å². The van der Waals surface area contributed by atoms with Crippen LogP contribution in [0.25, 0.3) is 0 Å². The first-order chi connectivity index (χ1) is 10.4. The third kappa shape index (κ3) is 3.22. The van der Waals surface area contributed by atoms with Gasteiger partial charge in [0, 0.05) is 19.8 Å². The molecule has 22 heavy (non-hydrogen) atoms. The minimum Gasteiger partial charge on any atom is -0.478 e. The Labute approximate surface area is 127 Å². The fourth-order valence-corrected chi connectivity index (χ4v) is 1.93. The van der Waals surface area contributed by atoms with Crippen molar-refractivity contribution in [2.24, 2.45) is 0 Å². The number of halogens is 1. The summed E-state index contributed by atoms with van der Waals surface area (Å²) in [4.78, 5) is 25.2. The van der Waals surface area contributed by atoms with Gasteiger partial charge >= 0.3 is 5.97 Å². The number of nitrogens with zero attached hydrogens (tertiary/aromatic N) is 1. The Morgan fingerprint density at radius 3 is 2.36 bits per heavy atom. The average Bonchev–Trinajstić information content (AvgIpc) is 2.47. The molecule has 0 spiro atoms. The molecule has 0 aliphatic heterocycles. The number of hydrogen-bond acceptors (Lipinski definition) is 3. The molecule has 5 nitrogen and oxygen atoms in total. The molecule has 0 aliphatic carbocycles. The third-order valence-corrected chi connectivity index (χ3v) is 3.12. The summed E-state index contributed by atoms with van der Waals surface area (Å²) in [6, 6.07) is 10.1. The van der Waals surface area contributed by atoms with Gasteiger partial charge in [-0.15, -0.1) is 0 Å². The number of carboxylic acid groups (broad SMARTS) is 1. The van der Waals surface area contributed by atoms with E-state index in [-0.39, 0.29) is 16.8 Å². The first-order valence-corrected chi connectivity index (χ1v) is 6.50. The van der Waals surface area contributed by atoms with Gasteiger partial charge in [-0.1, -0.05) is 12.1 Å². The number of rotatable bonds is 4. The maximum absolute atomic E-state index is 13.6. The molecule has 1 amide bonds. The zero-order chi connectivity index (χ0) is 16.3. The largest absolute Gasteiger partial charge is 0.478 e. The van der Waals surface area contributed by atoms with Crippen LogP contribution in [-0.4, -0.2) is 31.1 Å². The van der Waals surface area contributed by atoms with Crippen LogP contribution >= 0.6 is 0 Å². The molecule has 0 atom stereocenters. The number of carbonyl (C=O) groups excluding carboxylic acids is 1. The molecule has 0 heterocycles. The number of benzene rings is 2. The van der Waals surface area contributed by atoms with Crippen molar-refractivity contribution in [2.75, 3.05) is 24.3 Å². The predicted octanol–water partition coefficient (Wildman–Crippen LogP) is 2.84. The van der Waals surface area contributed by atoms with Crippen LogP contribution < -0.4 is 10.2 Å². The van der Waals surface area contributed by atoms with Gasteiger partial charge in [-0.05, 0) is 30.3 Å². The molecule has 0 saturated heterocycles. The maximum Gasteiger partial charge on any atom is 0.337 e. The van der Waals surface area contributed by atoms with E-state index >= 15 is 0 Å². The molecule has 0 bridgehead atoms. The molecular weight excluding hydrogens is 287 g/mol. The molecule has 114 valence electrons. The topological polar surface area (TPSA) is 69.6 Å². The van der Waals surface area contributed by atoms with Gasteiger partial charge in [0.05, 0.1) is 16.8 Å². The fraction of sp³-hybridized carbons (Fsp3) is 0.125. The lowest BCUT2D eigenvalue weighted by atomic mass is 10.1. The number of nitrogens with one attached hydrogen (secondary N) is 1. The van der Waals surface area contributed by atoms with E-state index in [9.17, 15) is 19.1 Å². The fourth-order valence-electron chi connectivity index (χ4n) is 1.93. The lowest BCUT2D eigenvalue weighted by molar-refractivity contribution is 0.0698. The van der Waals surface area contributed by atoms with E-state index in [1.807, 2.05) is 0 Å². The van der Waals surface area contributed by atoms with Crippen LogP contribution in [0.5, 0.6) is 0 Å². The number of carboxylic acids is 1. The molecule has 6 heteroatoms. The van der Waals surface area contributed by atoms with Gasteiger partial charge in [-0.25, -0.2) is 9.18 Å². The number of carbonyl (C=O) groups is 2. The van der Waals surface area contributed by atoms with Crippen LogP contribution in [-0.2, 0) is 0 Å². The zero-order valence-corrected chi connectivity index (χ0v) is 12.1. The second-order valence-electron chi connectivity index (χ2n) is 4.86. The van der Waals surface area contributed by atoms with Crippen molar-refractivity contribution in [3.8, 4) is 0 Å². The maximum atomic E-state index is 13.6. The van der Waals surface area contributed by atoms with E-state index in [4.69, 9.17) is 0 Å². The Bertz CT molecular complexity index is 729. The van der Waals surface area contributed by atoms with Crippen LogP contribution in [0.3, 0.4) is 0 Å². The Hall–Kier alpha value is -2.89. The number of anilines is 2. The van der Waals surface area contributed by atoms with Crippen molar-refractivity contribution >= 4 is 23.3 Å². The summed E-state index contributed by atoms with van der Waals surface area (Å²) in [5.41, 5.74) is 0.596. The minimum atomic E-state index is -1.17. The Morgan fingerprint density at radius 2 is 1.77 bits per heavy atom. The van der Waals surface area contributed by atoms with E-state index in [1.54, 1.807) is 25.1 Å². The smallest absolute Gasteiger partial charge is 0.337 e. The SMILES string of the molecule is CN(C)c1ccc(NC(=O)c2ccccc2F)c(C(=O)O)c1. The molecule has 0 saturated carbocycles. The highest BCUT2D eigenvalue weighted by atomic mass is 19.1. The highest BCUT2D eigenvalue weighted by molar-refractivity contribution is 6.08. The summed E-state index contributed by atoms with van der Waals surface area (Å²) in [6.45, 7) is 0. The van der Waals surface area contributed by atoms with Crippen molar-refractivity contribution in [1.29, 1.82) is 0 Å². The van der Waals surface area contributed by atoms with Crippen LogP contribution in [0.1, 0.15) is 20.7 Å². The van der Waals surface area contributed by atoms with Gasteiger partial charge in [-0.3, -0.25) is 4.79 Å². The Balaban J connectivity index is 2.35. The zero-order valence-electron chi connectivity index (χ0n) is 12.1. The van der Waals surface area contributed by atoms with Crippen LogP contribution in [0.2, 0.25) is 0 Å². The van der Waals surface area contributed by atoms with E-state index in [2.05, 4.69) is 5.32 Å². The van der Waals surface area contributed by atoms with Gasteiger partial charge < -0.3 is 15.3 Å². The molecule has 2 aromatic rings. The van der Waals surface area contributed by atoms with Crippen LogP contribution in [0, 0.1) is 5.82 Å². The molecule has 2 N–H and O–H groups in total. The quantitative estimate of drug-likeness (QED) is 0.911. The summed E-state index contributed by atoms with van der Waals surface area (Å²) < 4.78 is 13.6. The Kier molecular flexibility index (Phi) is 4.41. The first kappa shape index (κ1) is 15.5. The summed E-state index contributed by atoms with van der Waals surface area (Å²) in [7, 11) is 3.55. The molecule has 2 aromatic carbocycles. The van der Waals surface area contributed by atoms with E-state index in [1.165, 1.54) is 36.4 Å². The first-order valence-electron chi connectivity index (χ1n) is 6.50. The van der Waals surface area contributed by atoms with Gasteiger partial charge in [0.2, 0.25) is 0 Å². The number of aromatic carboxylic acids is 1. The number of hydrogen-bond donors (Lipinski definition) is 2. The average molecular weight is 302 g/mol. The second kappa shape index (κ2) is 6.26. The highest BCUT2D eigenvalue weighted by Gasteiger charge is 2.16. The predicted molar refractivity (Wildman–Crippen MR) is 82.1 cm³/mol. The van der Waals surface area contributed by atoms with Crippen molar-refractivity contribution in [3.05, 3.63) is 59.4 Å². The molecule has 0 unspecified atom stereocenters. The second-order valence-corrected chi connectivity index (χ2v) is 4.86. The monoisotopic (exact) mass is 302 g/mol. The van der Waals surface area contributed by atoms with E-state index in [0.29, 0.717) is 5.69 Å². The summed E-state index contributed by atoms with van der Waals surface area (Å²) in [6.07, 6.45) is 0. The van der Waals surface area contributed by atoms with Gasteiger partial charge in [0.15, 0.2) is 0 Å². The van der Waals surface area contributed by atoms with Crippen molar-refractivity contribution in [2.45, 2.75) is 0 Å². The highest BCUT2D eigenvalue weighted by Crippen LogP contribution is 2.23. The third-order valence-electron chi connectivity index (χ3n) is 3.12. The normalized spacial score (nSPS) is 10.1. The molecule has 0 aliphatic rings. The molecule has 2 rings (SSSR count). The molecule has 0 radical (unpaired) electrons. The number of amides is 1. The summed E-state index contributed by atoms with van der Waals surface area (Å²) in [5, 5.41) is 11.7. The lowest BCUT2D eigenvalue weighted by Crippen LogP contribution is -2.17. The summed E-state index contributed by atoms with van der Waals surface area (Å²) in [5.74, 6) is -2.53. The molecule has 0 aromatic heterocycles. The molecule has 0 fully saturated rings.